The average molecular weight is 419 g/mol. The van der Waals surface area contributed by atoms with Crippen molar-refractivity contribution in [3.63, 3.8) is 0 Å². The van der Waals surface area contributed by atoms with Crippen LogP contribution in [0.2, 0.25) is 0 Å². The molecule has 5 aromatic rings. The highest BCUT2D eigenvalue weighted by atomic mass is 19.1. The number of benzene rings is 4. The van der Waals surface area contributed by atoms with Gasteiger partial charge in [0.25, 0.3) is 0 Å². The lowest BCUT2D eigenvalue weighted by Crippen LogP contribution is -1.87. The molecular weight excluding hydrogens is 400 g/mol. The third-order valence-electron chi connectivity index (χ3n) is 5.45. The Morgan fingerprint density at radius 2 is 0.688 bits per heavy atom. The summed E-state index contributed by atoms with van der Waals surface area (Å²) in [6.07, 6.45) is 3.65. The SMILES string of the molecule is Fc1cccc(-c2cccc(-c3cncc(-c4cccc(-c5cccc(F)c5)c4)c3)c2)c1. The van der Waals surface area contributed by atoms with E-state index >= 15 is 0 Å². The van der Waals surface area contributed by atoms with Crippen molar-refractivity contribution >= 4 is 0 Å². The first-order valence-electron chi connectivity index (χ1n) is 10.3. The zero-order chi connectivity index (χ0) is 21.9. The maximum Gasteiger partial charge on any atom is 0.123 e. The van der Waals surface area contributed by atoms with Crippen molar-refractivity contribution in [3.05, 3.63) is 127 Å². The zero-order valence-corrected chi connectivity index (χ0v) is 17.2. The number of rotatable bonds is 4. The fourth-order valence-electron chi connectivity index (χ4n) is 3.85. The second kappa shape index (κ2) is 8.56. The molecule has 32 heavy (non-hydrogen) atoms. The zero-order valence-electron chi connectivity index (χ0n) is 17.2. The van der Waals surface area contributed by atoms with Crippen molar-refractivity contribution in [1.29, 1.82) is 0 Å². The number of hydrogen-bond donors (Lipinski definition) is 0. The molecule has 0 N–H and O–H groups in total. The highest BCUT2D eigenvalue weighted by Gasteiger charge is 2.07. The van der Waals surface area contributed by atoms with E-state index in [1.807, 2.05) is 73.1 Å². The lowest BCUT2D eigenvalue weighted by Gasteiger charge is -2.09. The highest BCUT2D eigenvalue weighted by molar-refractivity contribution is 5.78. The van der Waals surface area contributed by atoms with Gasteiger partial charge in [-0.2, -0.15) is 0 Å². The molecule has 0 bridgehead atoms. The van der Waals surface area contributed by atoms with E-state index in [-0.39, 0.29) is 11.6 Å². The Hall–Kier alpha value is -4.11. The number of halogens is 2. The van der Waals surface area contributed by atoms with Crippen molar-refractivity contribution in [3.8, 4) is 44.5 Å². The van der Waals surface area contributed by atoms with Gasteiger partial charge in [0.2, 0.25) is 0 Å². The summed E-state index contributed by atoms with van der Waals surface area (Å²) < 4.78 is 27.3. The molecule has 5 rings (SSSR count). The largest absolute Gasteiger partial charge is 0.263 e. The predicted molar refractivity (Wildman–Crippen MR) is 126 cm³/mol. The minimum Gasteiger partial charge on any atom is -0.263 e. The van der Waals surface area contributed by atoms with Crippen LogP contribution >= 0.6 is 0 Å². The van der Waals surface area contributed by atoms with Gasteiger partial charge in [-0.1, -0.05) is 60.7 Å². The van der Waals surface area contributed by atoms with Gasteiger partial charge in [-0.05, 0) is 75.8 Å². The van der Waals surface area contributed by atoms with Crippen LogP contribution in [-0.2, 0) is 0 Å². The molecule has 154 valence electrons. The van der Waals surface area contributed by atoms with Crippen LogP contribution in [0.4, 0.5) is 8.78 Å². The van der Waals surface area contributed by atoms with Gasteiger partial charge in [-0.15, -0.1) is 0 Å². The Labute approximate surface area is 185 Å². The molecule has 0 unspecified atom stereocenters. The molecule has 0 amide bonds. The standard InChI is InChI=1S/C29H19F2N/c30-28-11-3-9-24(16-28)20-5-1-7-22(13-20)26-15-27(19-32-18-26)23-8-2-6-21(14-23)25-10-4-12-29(31)17-25/h1-19H. The van der Waals surface area contributed by atoms with Gasteiger partial charge >= 0.3 is 0 Å². The van der Waals surface area contributed by atoms with Gasteiger partial charge in [0.1, 0.15) is 11.6 Å². The number of nitrogens with zero attached hydrogens (tertiary/aromatic N) is 1. The molecular formula is C29H19F2N. The van der Waals surface area contributed by atoms with Crippen LogP contribution in [0.5, 0.6) is 0 Å². The molecule has 0 saturated heterocycles. The minimum absolute atomic E-state index is 0.255. The number of pyridine rings is 1. The first kappa shape index (κ1) is 19.8. The number of hydrogen-bond acceptors (Lipinski definition) is 1. The summed E-state index contributed by atoms with van der Waals surface area (Å²) in [4.78, 5) is 4.45. The topological polar surface area (TPSA) is 12.9 Å². The van der Waals surface area contributed by atoms with Crippen LogP contribution in [0, 0.1) is 11.6 Å². The van der Waals surface area contributed by atoms with Gasteiger partial charge in [-0.25, -0.2) is 8.78 Å². The molecule has 3 heteroatoms. The molecule has 0 aliphatic rings. The molecule has 1 nitrogen and oxygen atoms in total. The second-order valence-electron chi connectivity index (χ2n) is 7.64. The highest BCUT2D eigenvalue weighted by Crippen LogP contribution is 2.31. The van der Waals surface area contributed by atoms with Crippen molar-refractivity contribution in [2.75, 3.05) is 0 Å². The van der Waals surface area contributed by atoms with E-state index in [2.05, 4.69) is 11.1 Å². The van der Waals surface area contributed by atoms with Crippen LogP contribution in [-0.4, -0.2) is 4.98 Å². The van der Waals surface area contributed by atoms with Crippen LogP contribution in [0.25, 0.3) is 44.5 Å². The van der Waals surface area contributed by atoms with E-state index in [4.69, 9.17) is 0 Å². The third-order valence-corrected chi connectivity index (χ3v) is 5.45. The Morgan fingerprint density at radius 3 is 1.09 bits per heavy atom. The van der Waals surface area contributed by atoms with Crippen molar-refractivity contribution in [2.24, 2.45) is 0 Å². The van der Waals surface area contributed by atoms with E-state index in [1.54, 1.807) is 12.1 Å². The van der Waals surface area contributed by atoms with E-state index in [1.165, 1.54) is 24.3 Å². The Morgan fingerprint density at radius 1 is 0.375 bits per heavy atom. The maximum absolute atomic E-state index is 13.7. The van der Waals surface area contributed by atoms with Crippen LogP contribution in [0.3, 0.4) is 0 Å². The number of aromatic nitrogens is 1. The van der Waals surface area contributed by atoms with E-state index < -0.39 is 0 Å². The lowest BCUT2D eigenvalue weighted by atomic mass is 9.96. The summed E-state index contributed by atoms with van der Waals surface area (Å²) in [5.41, 5.74) is 7.50. The lowest BCUT2D eigenvalue weighted by molar-refractivity contribution is 0.628. The fourth-order valence-corrected chi connectivity index (χ4v) is 3.85. The summed E-state index contributed by atoms with van der Waals surface area (Å²) >= 11 is 0. The molecule has 1 aromatic heterocycles. The predicted octanol–water partition coefficient (Wildman–Crippen LogP) is 8.03. The van der Waals surface area contributed by atoms with E-state index in [0.717, 1.165) is 44.5 Å². The smallest absolute Gasteiger partial charge is 0.123 e. The third kappa shape index (κ3) is 4.19. The van der Waals surface area contributed by atoms with Gasteiger partial charge < -0.3 is 0 Å². The maximum atomic E-state index is 13.7. The van der Waals surface area contributed by atoms with Gasteiger partial charge in [0.05, 0.1) is 0 Å². The van der Waals surface area contributed by atoms with E-state index in [9.17, 15) is 8.78 Å². The molecule has 0 aliphatic carbocycles. The first-order valence-corrected chi connectivity index (χ1v) is 10.3. The minimum atomic E-state index is -0.255. The summed E-state index contributed by atoms with van der Waals surface area (Å²) in [5, 5.41) is 0. The summed E-state index contributed by atoms with van der Waals surface area (Å²) in [7, 11) is 0. The molecule has 1 heterocycles. The molecule has 0 spiro atoms. The summed E-state index contributed by atoms with van der Waals surface area (Å²) in [5.74, 6) is -0.510. The van der Waals surface area contributed by atoms with Crippen LogP contribution in [0.15, 0.2) is 116 Å². The Balaban J connectivity index is 1.51. The second-order valence-corrected chi connectivity index (χ2v) is 7.64. The van der Waals surface area contributed by atoms with Gasteiger partial charge in [0.15, 0.2) is 0 Å². The fraction of sp³-hybridized carbons (Fsp3) is 0. The molecule has 0 aliphatic heterocycles. The first-order chi connectivity index (χ1) is 15.7. The van der Waals surface area contributed by atoms with Crippen LogP contribution < -0.4 is 0 Å². The molecule has 0 saturated carbocycles. The normalized spacial score (nSPS) is 10.8. The van der Waals surface area contributed by atoms with Crippen molar-refractivity contribution in [1.82, 2.24) is 4.98 Å². The summed E-state index contributed by atoms with van der Waals surface area (Å²) in [6, 6.07) is 31.3. The average Bonchev–Trinajstić information content (AvgIpc) is 2.84. The molecule has 4 aromatic carbocycles. The van der Waals surface area contributed by atoms with Gasteiger partial charge in [-0.3, -0.25) is 4.98 Å². The molecule has 0 radical (unpaired) electrons. The molecule has 0 atom stereocenters. The Bertz CT molecular complexity index is 1300. The van der Waals surface area contributed by atoms with Gasteiger partial charge in [0, 0.05) is 23.5 Å². The van der Waals surface area contributed by atoms with Crippen molar-refractivity contribution in [2.45, 2.75) is 0 Å². The molecule has 0 fully saturated rings. The van der Waals surface area contributed by atoms with Crippen molar-refractivity contribution < 1.29 is 8.78 Å². The van der Waals surface area contributed by atoms with Crippen LogP contribution in [0.1, 0.15) is 0 Å². The van der Waals surface area contributed by atoms with E-state index in [0.29, 0.717) is 0 Å². The monoisotopic (exact) mass is 419 g/mol. The Kier molecular flexibility index (Phi) is 5.30. The summed E-state index contributed by atoms with van der Waals surface area (Å²) in [6.45, 7) is 0. The quantitative estimate of drug-likeness (QED) is 0.287.